The van der Waals surface area contributed by atoms with Gasteiger partial charge in [0.25, 0.3) is 5.91 Å². The van der Waals surface area contributed by atoms with Gasteiger partial charge in [0.2, 0.25) is 0 Å². The number of carboxylic acids is 1. The second-order valence-corrected chi connectivity index (χ2v) is 3.78. The minimum Gasteiger partial charge on any atom is -0.482 e. The number of ether oxygens (including phenoxy) is 1. The molecule has 0 unspecified atom stereocenters. The molecule has 1 aromatic carbocycles. The number of nitrogens with zero attached hydrogens (tertiary/aromatic N) is 1. The van der Waals surface area contributed by atoms with Gasteiger partial charge in [0.1, 0.15) is 11.8 Å². The fourth-order valence-corrected chi connectivity index (χ4v) is 1.93. The Kier molecular flexibility index (Phi) is 2.99. The van der Waals surface area contributed by atoms with Gasteiger partial charge < -0.3 is 9.84 Å². The lowest BCUT2D eigenvalue weighted by atomic mass is 10.1. The molecule has 1 aliphatic heterocycles. The molecule has 0 aliphatic carbocycles. The van der Waals surface area contributed by atoms with Crippen LogP contribution in [-0.2, 0) is 9.59 Å². The maximum absolute atomic E-state index is 11.8. The summed E-state index contributed by atoms with van der Waals surface area (Å²) >= 11 is 0. The molecule has 0 saturated heterocycles. The Hall–Kier alpha value is -2.04. The fraction of sp³-hybridized carbons (Fsp3) is 0.333. The van der Waals surface area contributed by atoms with Crippen molar-refractivity contribution in [2.75, 3.05) is 11.5 Å². The van der Waals surface area contributed by atoms with Gasteiger partial charge in [0, 0.05) is 0 Å². The Labute approximate surface area is 98.6 Å². The van der Waals surface area contributed by atoms with E-state index in [2.05, 4.69) is 0 Å². The highest BCUT2D eigenvalue weighted by Gasteiger charge is 2.34. The lowest BCUT2D eigenvalue weighted by Gasteiger charge is -2.33. The third-order valence-electron chi connectivity index (χ3n) is 2.73. The molecule has 0 radical (unpaired) electrons. The summed E-state index contributed by atoms with van der Waals surface area (Å²) < 4.78 is 5.26. The number of hydrogen-bond acceptors (Lipinski definition) is 3. The topological polar surface area (TPSA) is 66.8 Å². The van der Waals surface area contributed by atoms with E-state index in [-0.39, 0.29) is 12.5 Å². The van der Waals surface area contributed by atoms with Crippen molar-refractivity contribution in [3.63, 3.8) is 0 Å². The number of benzene rings is 1. The van der Waals surface area contributed by atoms with E-state index in [1.54, 1.807) is 31.2 Å². The van der Waals surface area contributed by atoms with Crippen LogP contribution >= 0.6 is 0 Å². The predicted octanol–water partition coefficient (Wildman–Crippen LogP) is 1.28. The summed E-state index contributed by atoms with van der Waals surface area (Å²) in [4.78, 5) is 24.3. The quantitative estimate of drug-likeness (QED) is 0.856. The van der Waals surface area contributed by atoms with Crippen molar-refractivity contribution in [1.82, 2.24) is 0 Å². The minimum atomic E-state index is -1.00. The standard InChI is InChI=1S/C12H13NO4/c1-2-8(12(15)16)13-9-5-3-4-6-10(9)17-7-11(13)14/h3-6,8H,2,7H2,1H3,(H,15,16)/t8-/m1/s1. The zero-order valence-corrected chi connectivity index (χ0v) is 9.42. The second-order valence-electron chi connectivity index (χ2n) is 3.78. The van der Waals surface area contributed by atoms with Crippen molar-refractivity contribution in [2.45, 2.75) is 19.4 Å². The van der Waals surface area contributed by atoms with E-state index in [4.69, 9.17) is 9.84 Å². The van der Waals surface area contributed by atoms with Crippen LogP contribution in [-0.4, -0.2) is 29.6 Å². The van der Waals surface area contributed by atoms with Gasteiger partial charge in [-0.2, -0.15) is 0 Å². The normalized spacial score (nSPS) is 16.1. The molecule has 0 aromatic heterocycles. The molecule has 5 nitrogen and oxygen atoms in total. The summed E-state index contributed by atoms with van der Waals surface area (Å²) in [5.41, 5.74) is 0.526. The monoisotopic (exact) mass is 235 g/mol. The largest absolute Gasteiger partial charge is 0.482 e. The van der Waals surface area contributed by atoms with Crippen molar-refractivity contribution < 1.29 is 19.4 Å². The van der Waals surface area contributed by atoms with Crippen molar-refractivity contribution >= 4 is 17.6 Å². The van der Waals surface area contributed by atoms with Gasteiger partial charge in [0.05, 0.1) is 5.69 Å². The highest BCUT2D eigenvalue weighted by atomic mass is 16.5. The van der Waals surface area contributed by atoms with E-state index in [0.29, 0.717) is 17.9 Å². The molecule has 90 valence electrons. The van der Waals surface area contributed by atoms with Crippen molar-refractivity contribution in [1.29, 1.82) is 0 Å². The number of aliphatic carboxylic acids is 1. The summed E-state index contributed by atoms with van der Waals surface area (Å²) in [6.45, 7) is 1.63. The molecule has 17 heavy (non-hydrogen) atoms. The molecule has 5 heteroatoms. The van der Waals surface area contributed by atoms with E-state index in [1.807, 2.05) is 0 Å². The lowest BCUT2D eigenvalue weighted by Crippen LogP contribution is -2.49. The zero-order chi connectivity index (χ0) is 12.4. The number of anilines is 1. The van der Waals surface area contributed by atoms with Crippen LogP contribution in [0.2, 0.25) is 0 Å². The molecule has 1 amide bonds. The first-order chi connectivity index (χ1) is 8.15. The molecular formula is C12H13NO4. The first-order valence-corrected chi connectivity index (χ1v) is 5.42. The van der Waals surface area contributed by atoms with Crippen LogP contribution in [0.3, 0.4) is 0 Å². The average Bonchev–Trinajstić information content (AvgIpc) is 2.32. The number of hydrogen-bond donors (Lipinski definition) is 1. The van der Waals surface area contributed by atoms with E-state index >= 15 is 0 Å². The van der Waals surface area contributed by atoms with Crippen LogP contribution in [0.5, 0.6) is 5.75 Å². The number of para-hydroxylation sites is 2. The molecule has 1 aliphatic rings. The van der Waals surface area contributed by atoms with Crippen LogP contribution in [0.1, 0.15) is 13.3 Å². The van der Waals surface area contributed by atoms with Crippen LogP contribution < -0.4 is 9.64 Å². The van der Waals surface area contributed by atoms with E-state index in [1.165, 1.54) is 4.90 Å². The lowest BCUT2D eigenvalue weighted by molar-refractivity contribution is -0.140. The third kappa shape index (κ3) is 1.95. The van der Waals surface area contributed by atoms with Crippen LogP contribution in [0.4, 0.5) is 5.69 Å². The summed E-state index contributed by atoms with van der Waals surface area (Å²) in [7, 11) is 0. The Morgan fingerprint density at radius 3 is 2.88 bits per heavy atom. The number of carbonyl (C=O) groups is 2. The number of fused-ring (bicyclic) bond motifs is 1. The summed E-state index contributed by atoms with van der Waals surface area (Å²) in [5, 5.41) is 9.13. The van der Waals surface area contributed by atoms with Gasteiger partial charge in [-0.1, -0.05) is 19.1 Å². The summed E-state index contributed by atoms with van der Waals surface area (Å²) in [5.74, 6) is -0.776. The molecule has 0 bridgehead atoms. The highest BCUT2D eigenvalue weighted by molar-refractivity contribution is 6.02. The summed E-state index contributed by atoms with van der Waals surface area (Å²) in [6, 6.07) is 6.12. The predicted molar refractivity (Wildman–Crippen MR) is 61.1 cm³/mol. The fourth-order valence-electron chi connectivity index (χ4n) is 1.93. The number of carbonyl (C=O) groups excluding carboxylic acids is 1. The first kappa shape index (κ1) is 11.4. The Bertz CT molecular complexity index is 458. The minimum absolute atomic E-state index is 0.110. The molecule has 0 fully saturated rings. The first-order valence-electron chi connectivity index (χ1n) is 5.42. The van der Waals surface area contributed by atoms with E-state index in [9.17, 15) is 9.59 Å². The Morgan fingerprint density at radius 2 is 2.24 bits per heavy atom. The summed E-state index contributed by atoms with van der Waals surface area (Å²) in [6.07, 6.45) is 0.357. The van der Waals surface area contributed by atoms with Crippen molar-refractivity contribution in [3.05, 3.63) is 24.3 Å². The van der Waals surface area contributed by atoms with Crippen molar-refractivity contribution in [2.24, 2.45) is 0 Å². The van der Waals surface area contributed by atoms with E-state index < -0.39 is 12.0 Å². The highest BCUT2D eigenvalue weighted by Crippen LogP contribution is 2.33. The molecule has 2 rings (SSSR count). The second kappa shape index (κ2) is 4.45. The molecule has 1 N–H and O–H groups in total. The smallest absolute Gasteiger partial charge is 0.326 e. The maximum Gasteiger partial charge on any atom is 0.326 e. The molecule has 0 saturated carbocycles. The van der Waals surface area contributed by atoms with Crippen LogP contribution in [0.15, 0.2) is 24.3 Å². The average molecular weight is 235 g/mol. The third-order valence-corrected chi connectivity index (χ3v) is 2.73. The molecule has 1 aromatic rings. The number of rotatable bonds is 3. The number of amides is 1. The van der Waals surface area contributed by atoms with Crippen molar-refractivity contribution in [3.8, 4) is 5.75 Å². The van der Waals surface area contributed by atoms with Crippen LogP contribution in [0, 0.1) is 0 Å². The SMILES string of the molecule is CC[C@H](C(=O)O)N1C(=O)COc2ccccc21. The Morgan fingerprint density at radius 1 is 1.53 bits per heavy atom. The maximum atomic E-state index is 11.8. The van der Waals surface area contributed by atoms with Gasteiger partial charge >= 0.3 is 5.97 Å². The molecule has 0 spiro atoms. The van der Waals surface area contributed by atoms with Gasteiger partial charge in [-0.05, 0) is 18.6 Å². The van der Waals surface area contributed by atoms with Gasteiger partial charge in [-0.15, -0.1) is 0 Å². The zero-order valence-electron chi connectivity index (χ0n) is 9.42. The molecule has 1 heterocycles. The van der Waals surface area contributed by atoms with Crippen LogP contribution in [0.25, 0.3) is 0 Å². The molecule has 1 atom stereocenters. The van der Waals surface area contributed by atoms with Gasteiger partial charge in [-0.25, -0.2) is 4.79 Å². The Balaban J connectivity index is 2.45. The molecular weight excluding hydrogens is 222 g/mol. The van der Waals surface area contributed by atoms with Gasteiger partial charge in [0.15, 0.2) is 6.61 Å². The number of carboxylic acid groups (broad SMARTS) is 1. The van der Waals surface area contributed by atoms with Gasteiger partial charge in [-0.3, -0.25) is 9.69 Å². The van der Waals surface area contributed by atoms with E-state index in [0.717, 1.165) is 0 Å².